The minimum atomic E-state index is -4.99. The predicted octanol–water partition coefficient (Wildman–Crippen LogP) is 3.43. The van der Waals surface area contributed by atoms with Crippen LogP contribution in [-0.2, 0) is 18.9 Å². The number of rotatable bonds is 6. The van der Waals surface area contributed by atoms with E-state index in [0.717, 1.165) is 11.3 Å². The summed E-state index contributed by atoms with van der Waals surface area (Å²) in [5.74, 6) is 5.26. The SMILES string of the molecule is CCC1CC(N(Cc2cc(C(F)(F)F)cc(C(F)(F)F)c2)/C(N)=N/N(C)N)CN1C(=N)C(Cl)=CN. The van der Waals surface area contributed by atoms with Gasteiger partial charge in [-0.2, -0.15) is 26.3 Å². The molecule has 0 saturated carbocycles. The summed E-state index contributed by atoms with van der Waals surface area (Å²) in [5.41, 5.74) is 8.34. The fourth-order valence-corrected chi connectivity index (χ4v) is 4.03. The van der Waals surface area contributed by atoms with E-state index in [-0.39, 0.29) is 41.0 Å². The maximum Gasteiger partial charge on any atom is 0.416 e. The molecule has 0 radical (unpaired) electrons. The summed E-state index contributed by atoms with van der Waals surface area (Å²) in [6.07, 6.45) is -7.96. The Kier molecular flexibility index (Phi) is 8.76. The Morgan fingerprint density at radius 1 is 1.20 bits per heavy atom. The van der Waals surface area contributed by atoms with Gasteiger partial charge in [0.1, 0.15) is 5.84 Å². The van der Waals surface area contributed by atoms with Crippen LogP contribution in [0.15, 0.2) is 34.5 Å². The van der Waals surface area contributed by atoms with Gasteiger partial charge in [-0.25, -0.2) is 11.0 Å². The molecule has 1 aliphatic rings. The summed E-state index contributed by atoms with van der Waals surface area (Å²) in [6.45, 7) is 1.60. The first-order valence-corrected chi connectivity index (χ1v) is 10.8. The van der Waals surface area contributed by atoms with Crippen molar-refractivity contribution in [1.29, 1.82) is 5.41 Å². The lowest BCUT2D eigenvalue weighted by molar-refractivity contribution is -0.143. The van der Waals surface area contributed by atoms with E-state index in [2.05, 4.69) is 5.10 Å². The highest BCUT2D eigenvalue weighted by Gasteiger charge is 2.39. The van der Waals surface area contributed by atoms with Crippen molar-refractivity contribution in [3.05, 3.63) is 46.1 Å². The summed E-state index contributed by atoms with van der Waals surface area (Å²) in [6, 6.07) is 0.601. The van der Waals surface area contributed by atoms with E-state index in [1.165, 1.54) is 11.9 Å². The highest BCUT2D eigenvalue weighted by atomic mass is 35.5. The van der Waals surface area contributed by atoms with Gasteiger partial charge in [0.2, 0.25) is 5.96 Å². The molecule has 1 aromatic rings. The quantitative estimate of drug-likeness (QED) is 0.147. The van der Waals surface area contributed by atoms with Crippen LogP contribution in [0.25, 0.3) is 0 Å². The van der Waals surface area contributed by atoms with E-state index < -0.39 is 36.1 Å². The average Bonchev–Trinajstić information content (AvgIpc) is 3.18. The van der Waals surface area contributed by atoms with Crippen LogP contribution in [0.3, 0.4) is 0 Å². The molecule has 8 nitrogen and oxygen atoms in total. The summed E-state index contributed by atoms with van der Waals surface area (Å²) in [7, 11) is 1.36. The van der Waals surface area contributed by atoms with Crippen LogP contribution in [0.5, 0.6) is 0 Å². The highest BCUT2D eigenvalue weighted by molar-refractivity contribution is 6.42. The number of benzene rings is 1. The smallest absolute Gasteiger partial charge is 0.403 e. The molecule has 1 fully saturated rings. The molecular formula is C20H27ClF6N8. The van der Waals surface area contributed by atoms with Crippen LogP contribution in [-0.4, -0.2) is 52.4 Å². The number of hydrogen-bond donors (Lipinski definition) is 4. The molecule has 0 spiro atoms. The topological polar surface area (TPSA) is 124 Å². The van der Waals surface area contributed by atoms with Crippen LogP contribution in [0, 0.1) is 5.41 Å². The Balaban J connectivity index is 2.52. The molecule has 2 unspecified atom stereocenters. The summed E-state index contributed by atoms with van der Waals surface area (Å²) in [5, 5.41) is 13.0. The van der Waals surface area contributed by atoms with E-state index in [4.69, 9.17) is 34.3 Å². The lowest BCUT2D eigenvalue weighted by atomic mass is 10.0. The van der Waals surface area contributed by atoms with Crippen molar-refractivity contribution in [2.75, 3.05) is 13.6 Å². The lowest BCUT2D eigenvalue weighted by Gasteiger charge is -2.31. The van der Waals surface area contributed by atoms with Crippen LogP contribution in [0.2, 0.25) is 0 Å². The molecule has 1 aliphatic heterocycles. The van der Waals surface area contributed by atoms with Crippen molar-refractivity contribution in [2.45, 2.75) is 50.7 Å². The molecule has 0 amide bonds. The number of amidine groups is 1. The number of nitrogens with one attached hydrogen (secondary N) is 1. The van der Waals surface area contributed by atoms with Crippen LogP contribution in [0.4, 0.5) is 26.3 Å². The second-order valence-electron chi connectivity index (χ2n) is 8.04. The third-order valence-corrected chi connectivity index (χ3v) is 5.82. The molecular weight excluding hydrogens is 502 g/mol. The molecule has 0 aromatic heterocycles. The van der Waals surface area contributed by atoms with Gasteiger partial charge in [0.25, 0.3) is 0 Å². The number of hydrogen-bond acceptors (Lipinski definition) is 5. The van der Waals surface area contributed by atoms with E-state index in [1.807, 2.05) is 6.92 Å². The molecule has 0 bridgehead atoms. The summed E-state index contributed by atoms with van der Waals surface area (Å²) >= 11 is 6.00. The van der Waals surface area contributed by atoms with Crippen molar-refractivity contribution in [3.63, 3.8) is 0 Å². The van der Waals surface area contributed by atoms with E-state index >= 15 is 0 Å². The third kappa shape index (κ3) is 7.07. The monoisotopic (exact) mass is 528 g/mol. The van der Waals surface area contributed by atoms with Gasteiger partial charge in [-0.3, -0.25) is 5.41 Å². The molecule has 15 heteroatoms. The molecule has 196 valence electrons. The van der Waals surface area contributed by atoms with Gasteiger partial charge in [-0.15, -0.1) is 5.10 Å². The van der Waals surface area contributed by atoms with Gasteiger partial charge in [0.05, 0.1) is 22.2 Å². The zero-order valence-corrected chi connectivity index (χ0v) is 19.7. The van der Waals surface area contributed by atoms with Crippen LogP contribution < -0.4 is 17.3 Å². The number of nitrogens with two attached hydrogens (primary N) is 3. The number of hydrazine groups is 1. The van der Waals surface area contributed by atoms with Gasteiger partial charge in [0.15, 0.2) is 0 Å². The second kappa shape index (κ2) is 10.8. The molecule has 2 atom stereocenters. The lowest BCUT2D eigenvalue weighted by Crippen LogP contribution is -2.47. The fourth-order valence-electron chi connectivity index (χ4n) is 3.92. The number of likely N-dealkylation sites (tertiary alicyclic amines) is 1. The van der Waals surface area contributed by atoms with Crippen molar-refractivity contribution in [1.82, 2.24) is 14.9 Å². The van der Waals surface area contributed by atoms with E-state index in [1.54, 1.807) is 4.90 Å². The third-order valence-electron chi connectivity index (χ3n) is 5.52. The number of guanidine groups is 1. The van der Waals surface area contributed by atoms with Crippen LogP contribution in [0.1, 0.15) is 36.5 Å². The van der Waals surface area contributed by atoms with Gasteiger partial charge < -0.3 is 21.3 Å². The Labute approximate surface area is 203 Å². The molecule has 2 rings (SSSR count). The largest absolute Gasteiger partial charge is 0.416 e. The predicted molar refractivity (Wildman–Crippen MR) is 121 cm³/mol. The van der Waals surface area contributed by atoms with Crippen LogP contribution >= 0.6 is 11.6 Å². The van der Waals surface area contributed by atoms with Gasteiger partial charge in [0, 0.05) is 32.4 Å². The average molecular weight is 529 g/mol. The summed E-state index contributed by atoms with van der Waals surface area (Å²) < 4.78 is 80.0. The Hall–Kier alpha value is -2.87. The first-order chi connectivity index (χ1) is 16.1. The standard InChI is InChI=1S/C20H27ClF6N8/c1-3-14-7-15(10-34(14)17(29)16(21)8-28)35(18(30)32-33(2)31)9-11-4-12(19(22,23)24)6-13(5-11)20(25,26)27/h4-6,8,14-15,29H,3,7,9-10,28,31H2,1-2H3,(H2,30,32). The van der Waals surface area contributed by atoms with E-state index in [0.29, 0.717) is 25.0 Å². The maximum atomic E-state index is 13.3. The molecule has 1 saturated heterocycles. The number of hydrazone groups is 1. The highest BCUT2D eigenvalue weighted by Crippen LogP contribution is 2.37. The minimum absolute atomic E-state index is 0.00771. The number of nitrogens with zero attached hydrogens (tertiary/aromatic N) is 4. The molecule has 7 N–H and O–H groups in total. The zero-order chi connectivity index (χ0) is 26.7. The first-order valence-electron chi connectivity index (χ1n) is 10.4. The molecule has 1 heterocycles. The van der Waals surface area contributed by atoms with Crippen molar-refractivity contribution in [3.8, 4) is 0 Å². The summed E-state index contributed by atoms with van der Waals surface area (Å²) in [4.78, 5) is 3.02. The second-order valence-corrected chi connectivity index (χ2v) is 8.45. The molecule has 0 aliphatic carbocycles. The van der Waals surface area contributed by atoms with Gasteiger partial charge in [-0.05, 0) is 36.6 Å². The Bertz CT molecular complexity index is 943. The van der Waals surface area contributed by atoms with Crippen molar-refractivity contribution >= 4 is 23.4 Å². The van der Waals surface area contributed by atoms with Gasteiger partial charge >= 0.3 is 12.4 Å². The number of alkyl halides is 6. The Morgan fingerprint density at radius 2 is 1.74 bits per heavy atom. The van der Waals surface area contributed by atoms with Crippen molar-refractivity contribution < 1.29 is 26.3 Å². The van der Waals surface area contributed by atoms with Crippen molar-refractivity contribution in [2.24, 2.45) is 22.4 Å². The Morgan fingerprint density at radius 3 is 2.17 bits per heavy atom. The molecule has 1 aromatic carbocycles. The molecule has 35 heavy (non-hydrogen) atoms. The van der Waals surface area contributed by atoms with E-state index in [9.17, 15) is 26.3 Å². The fraction of sp³-hybridized carbons (Fsp3) is 0.500. The normalized spacial score (nSPS) is 19.8. The minimum Gasteiger partial charge on any atom is -0.403 e. The maximum absolute atomic E-state index is 13.3. The van der Waals surface area contributed by atoms with Gasteiger partial charge in [-0.1, -0.05) is 18.5 Å². The first kappa shape index (κ1) is 28.4. The number of halogens is 7. The zero-order valence-electron chi connectivity index (χ0n) is 19.0.